The highest BCUT2D eigenvalue weighted by atomic mass is 16.7. The molecule has 0 spiro atoms. The highest BCUT2D eigenvalue weighted by molar-refractivity contribution is 5.97. The van der Waals surface area contributed by atoms with Crippen molar-refractivity contribution in [2.45, 2.75) is 19.9 Å². The Morgan fingerprint density at radius 3 is 2.52 bits per heavy atom. The minimum atomic E-state index is -0.580. The monoisotopic (exact) mass is 341 g/mol. The first-order valence-electron chi connectivity index (χ1n) is 8.00. The van der Waals surface area contributed by atoms with Crippen LogP contribution >= 0.6 is 0 Å². The number of fused-ring (bicyclic) bond motifs is 1. The van der Waals surface area contributed by atoms with Crippen molar-refractivity contribution in [3.63, 3.8) is 0 Å². The molecule has 6 heteroatoms. The summed E-state index contributed by atoms with van der Waals surface area (Å²) in [7, 11) is 0. The van der Waals surface area contributed by atoms with Crippen molar-refractivity contribution in [2.24, 2.45) is 0 Å². The molecular formula is C19H19NO5. The Kier molecular flexibility index (Phi) is 4.88. The summed E-state index contributed by atoms with van der Waals surface area (Å²) in [6.45, 7) is 3.61. The summed E-state index contributed by atoms with van der Waals surface area (Å²) in [5.74, 6) is 0.218. The molecule has 0 radical (unpaired) electrons. The summed E-state index contributed by atoms with van der Waals surface area (Å²) in [5, 5.41) is 0. The van der Waals surface area contributed by atoms with Crippen molar-refractivity contribution in [1.29, 1.82) is 0 Å². The van der Waals surface area contributed by atoms with Gasteiger partial charge in [-0.15, -0.1) is 0 Å². The van der Waals surface area contributed by atoms with Crippen LogP contribution in [-0.2, 0) is 9.53 Å². The van der Waals surface area contributed by atoms with Crippen molar-refractivity contribution in [1.82, 2.24) is 0 Å². The fraction of sp³-hybridized carbons (Fsp3) is 0.263. The molecule has 0 atom stereocenters. The Hall–Kier alpha value is -3.02. The Labute approximate surface area is 145 Å². The first-order valence-corrected chi connectivity index (χ1v) is 8.00. The van der Waals surface area contributed by atoms with E-state index in [-0.39, 0.29) is 25.3 Å². The Morgan fingerprint density at radius 2 is 1.80 bits per heavy atom. The van der Waals surface area contributed by atoms with E-state index in [9.17, 15) is 9.59 Å². The summed E-state index contributed by atoms with van der Waals surface area (Å²) in [6.07, 6.45) is 0. The number of anilines is 1. The number of hydrogen-bond donors (Lipinski definition) is 0. The summed E-state index contributed by atoms with van der Waals surface area (Å²) in [5.41, 5.74) is 1.08. The molecule has 2 aromatic rings. The normalized spacial score (nSPS) is 12.1. The number of benzene rings is 2. The molecule has 0 aromatic heterocycles. The molecule has 1 amide bonds. The van der Waals surface area contributed by atoms with Crippen LogP contribution in [0.25, 0.3) is 0 Å². The lowest BCUT2D eigenvalue weighted by molar-refractivity contribution is -0.122. The highest BCUT2D eigenvalue weighted by Gasteiger charge is 2.22. The lowest BCUT2D eigenvalue weighted by Crippen LogP contribution is -2.39. The molecule has 1 aliphatic heterocycles. The van der Waals surface area contributed by atoms with Gasteiger partial charge in [0.15, 0.2) is 18.1 Å². The predicted molar refractivity (Wildman–Crippen MR) is 91.9 cm³/mol. The van der Waals surface area contributed by atoms with Crippen LogP contribution in [0.15, 0.2) is 48.5 Å². The highest BCUT2D eigenvalue weighted by Crippen LogP contribution is 2.32. The average Bonchev–Trinajstić information content (AvgIpc) is 3.08. The predicted octanol–water partition coefficient (Wildman–Crippen LogP) is 3.01. The second kappa shape index (κ2) is 7.25. The van der Waals surface area contributed by atoms with E-state index in [0.29, 0.717) is 17.1 Å². The summed E-state index contributed by atoms with van der Waals surface area (Å²) >= 11 is 0. The Morgan fingerprint density at radius 1 is 1.08 bits per heavy atom. The fourth-order valence-electron chi connectivity index (χ4n) is 2.62. The molecule has 3 rings (SSSR count). The van der Waals surface area contributed by atoms with Crippen molar-refractivity contribution in [3.05, 3.63) is 54.1 Å². The van der Waals surface area contributed by atoms with Gasteiger partial charge in [-0.3, -0.25) is 4.79 Å². The SMILES string of the molecule is CC(C)N(C(=O)COC(=O)c1ccc2c(c1)OCO2)c1ccccc1. The molecule has 0 saturated carbocycles. The standard InChI is InChI=1S/C19H19NO5/c1-13(2)20(15-6-4-3-5-7-15)18(21)11-23-19(22)14-8-9-16-17(10-14)25-12-24-16/h3-10,13H,11-12H2,1-2H3. The molecule has 0 N–H and O–H groups in total. The lowest BCUT2D eigenvalue weighted by Gasteiger charge is -2.26. The number of ether oxygens (including phenoxy) is 3. The zero-order valence-corrected chi connectivity index (χ0v) is 14.1. The van der Waals surface area contributed by atoms with Gasteiger partial charge in [-0.25, -0.2) is 4.79 Å². The first kappa shape index (κ1) is 16.8. The number of para-hydroxylation sites is 1. The number of hydrogen-bond acceptors (Lipinski definition) is 5. The van der Waals surface area contributed by atoms with Gasteiger partial charge in [0.1, 0.15) is 0 Å². The van der Waals surface area contributed by atoms with Gasteiger partial charge in [0, 0.05) is 11.7 Å². The van der Waals surface area contributed by atoms with E-state index < -0.39 is 5.97 Å². The summed E-state index contributed by atoms with van der Waals surface area (Å²) in [6, 6.07) is 14.0. The maximum absolute atomic E-state index is 12.5. The smallest absolute Gasteiger partial charge is 0.338 e. The minimum Gasteiger partial charge on any atom is -0.454 e. The second-order valence-corrected chi connectivity index (χ2v) is 5.84. The zero-order valence-electron chi connectivity index (χ0n) is 14.1. The number of carbonyl (C=O) groups is 2. The number of carbonyl (C=O) groups excluding carboxylic acids is 2. The maximum atomic E-state index is 12.5. The second-order valence-electron chi connectivity index (χ2n) is 5.84. The minimum absolute atomic E-state index is 0.0563. The van der Waals surface area contributed by atoms with E-state index in [0.717, 1.165) is 5.69 Å². The fourth-order valence-corrected chi connectivity index (χ4v) is 2.62. The molecule has 1 heterocycles. The van der Waals surface area contributed by atoms with Gasteiger partial charge < -0.3 is 19.1 Å². The van der Waals surface area contributed by atoms with E-state index in [2.05, 4.69) is 0 Å². The number of amides is 1. The van der Waals surface area contributed by atoms with Crippen LogP contribution < -0.4 is 14.4 Å². The molecule has 130 valence electrons. The van der Waals surface area contributed by atoms with Gasteiger partial charge >= 0.3 is 5.97 Å². The van der Waals surface area contributed by atoms with Crippen LogP contribution in [0.1, 0.15) is 24.2 Å². The quantitative estimate of drug-likeness (QED) is 0.782. The van der Waals surface area contributed by atoms with Crippen LogP contribution in [0, 0.1) is 0 Å². The molecule has 0 bridgehead atoms. The molecule has 0 saturated heterocycles. The average molecular weight is 341 g/mol. The van der Waals surface area contributed by atoms with E-state index >= 15 is 0 Å². The first-order chi connectivity index (χ1) is 12.1. The number of esters is 1. The van der Waals surface area contributed by atoms with Crippen molar-refractivity contribution >= 4 is 17.6 Å². The van der Waals surface area contributed by atoms with Crippen molar-refractivity contribution < 1.29 is 23.8 Å². The van der Waals surface area contributed by atoms with Crippen molar-refractivity contribution in [3.8, 4) is 11.5 Å². The number of nitrogens with zero attached hydrogens (tertiary/aromatic N) is 1. The largest absolute Gasteiger partial charge is 0.454 e. The molecule has 0 fully saturated rings. The van der Waals surface area contributed by atoms with Crippen LogP contribution in [0.2, 0.25) is 0 Å². The summed E-state index contributed by atoms with van der Waals surface area (Å²) < 4.78 is 15.6. The van der Waals surface area contributed by atoms with Crippen LogP contribution in [0.5, 0.6) is 11.5 Å². The van der Waals surface area contributed by atoms with Gasteiger partial charge in [-0.1, -0.05) is 18.2 Å². The molecule has 6 nitrogen and oxygen atoms in total. The molecular weight excluding hydrogens is 322 g/mol. The summed E-state index contributed by atoms with van der Waals surface area (Å²) in [4.78, 5) is 26.3. The van der Waals surface area contributed by atoms with E-state index in [1.54, 1.807) is 23.1 Å². The third-order valence-electron chi connectivity index (χ3n) is 3.75. The third-order valence-corrected chi connectivity index (χ3v) is 3.75. The van der Waals surface area contributed by atoms with Crippen molar-refractivity contribution in [2.75, 3.05) is 18.3 Å². The van der Waals surface area contributed by atoms with Gasteiger partial charge in [0.25, 0.3) is 5.91 Å². The number of rotatable bonds is 5. The molecule has 2 aromatic carbocycles. The molecule has 0 unspecified atom stereocenters. The molecule has 0 aliphatic carbocycles. The van der Waals surface area contributed by atoms with Gasteiger partial charge in [-0.05, 0) is 44.2 Å². The maximum Gasteiger partial charge on any atom is 0.338 e. The van der Waals surface area contributed by atoms with E-state index in [4.69, 9.17) is 14.2 Å². The molecule has 25 heavy (non-hydrogen) atoms. The van der Waals surface area contributed by atoms with Crippen LogP contribution in [-0.4, -0.2) is 31.3 Å². The van der Waals surface area contributed by atoms with Gasteiger partial charge in [-0.2, -0.15) is 0 Å². The van der Waals surface area contributed by atoms with Gasteiger partial charge in [0.2, 0.25) is 6.79 Å². The Bertz CT molecular complexity index is 773. The van der Waals surface area contributed by atoms with Crippen LogP contribution in [0.3, 0.4) is 0 Å². The van der Waals surface area contributed by atoms with E-state index in [1.165, 1.54) is 0 Å². The lowest BCUT2D eigenvalue weighted by atomic mass is 10.2. The molecule has 1 aliphatic rings. The van der Waals surface area contributed by atoms with Gasteiger partial charge in [0.05, 0.1) is 5.56 Å². The zero-order chi connectivity index (χ0) is 17.8. The van der Waals surface area contributed by atoms with E-state index in [1.807, 2.05) is 44.2 Å². The van der Waals surface area contributed by atoms with Crippen LogP contribution in [0.4, 0.5) is 5.69 Å². The third kappa shape index (κ3) is 3.74. The topological polar surface area (TPSA) is 65.1 Å². The Balaban J connectivity index is 1.65.